The van der Waals surface area contributed by atoms with Gasteiger partial charge in [0.1, 0.15) is 23.9 Å². The quantitative estimate of drug-likeness (QED) is 0.378. The minimum Gasteiger partial charge on any atom is -0.497 e. The Morgan fingerprint density at radius 1 is 1.15 bits per heavy atom. The summed E-state index contributed by atoms with van der Waals surface area (Å²) in [6, 6.07) is 11.5. The molecule has 0 amide bonds. The van der Waals surface area contributed by atoms with Crippen molar-refractivity contribution in [3.63, 3.8) is 0 Å². The number of furan rings is 1. The average Bonchev–Trinajstić information content (AvgIpc) is 3.19. The zero-order valence-corrected chi connectivity index (χ0v) is 16.6. The molecule has 0 spiro atoms. The molecular weight excluding hydrogens is 344 g/mol. The van der Waals surface area contributed by atoms with Crippen molar-refractivity contribution in [3.05, 3.63) is 48.4 Å². The van der Waals surface area contributed by atoms with Crippen LogP contribution in [0.15, 0.2) is 52.1 Å². The van der Waals surface area contributed by atoms with E-state index in [1.165, 1.54) is 0 Å². The fourth-order valence-electron chi connectivity index (χ4n) is 2.52. The number of ether oxygens (including phenoxy) is 2. The van der Waals surface area contributed by atoms with Crippen LogP contribution in [0.3, 0.4) is 0 Å². The number of guanidine groups is 1. The summed E-state index contributed by atoms with van der Waals surface area (Å²) in [4.78, 5) is 6.77. The maximum atomic E-state index is 5.73. The number of nitrogens with zero attached hydrogens (tertiary/aromatic N) is 2. The van der Waals surface area contributed by atoms with Crippen LogP contribution in [0.4, 0.5) is 0 Å². The summed E-state index contributed by atoms with van der Waals surface area (Å²) in [5.41, 5.74) is 0. The van der Waals surface area contributed by atoms with E-state index >= 15 is 0 Å². The van der Waals surface area contributed by atoms with Crippen molar-refractivity contribution in [1.29, 1.82) is 0 Å². The Morgan fingerprint density at radius 2 is 1.89 bits per heavy atom. The summed E-state index contributed by atoms with van der Waals surface area (Å²) >= 11 is 0. The summed E-state index contributed by atoms with van der Waals surface area (Å²) in [5, 5.41) is 6.55. The summed E-state index contributed by atoms with van der Waals surface area (Å²) < 4.78 is 16.4. The standard InChI is InChI=1S/C20H30N4O3/c1-5-21-20(23-15-18(24(2)3)19-7-6-13-27-19)22-12-14-26-17-10-8-16(25-4)9-11-17/h6-11,13,18H,5,12,14-15H2,1-4H3,(H2,21,22,23). The highest BCUT2D eigenvalue weighted by atomic mass is 16.5. The molecule has 148 valence electrons. The summed E-state index contributed by atoms with van der Waals surface area (Å²) in [6.07, 6.45) is 1.69. The normalized spacial score (nSPS) is 12.7. The number of nitrogens with one attached hydrogen (secondary N) is 2. The number of methoxy groups -OCH3 is 1. The Bertz CT molecular complexity index is 669. The van der Waals surface area contributed by atoms with E-state index < -0.39 is 0 Å². The number of likely N-dealkylation sites (N-methyl/N-ethyl adjacent to an activating group) is 1. The third-order valence-electron chi connectivity index (χ3n) is 3.98. The van der Waals surface area contributed by atoms with Crippen molar-refractivity contribution in [1.82, 2.24) is 15.5 Å². The first-order valence-electron chi connectivity index (χ1n) is 9.13. The van der Waals surface area contributed by atoms with E-state index in [4.69, 9.17) is 13.9 Å². The zero-order chi connectivity index (χ0) is 19.5. The van der Waals surface area contributed by atoms with E-state index in [0.29, 0.717) is 19.7 Å². The molecule has 1 aromatic heterocycles. The van der Waals surface area contributed by atoms with Gasteiger partial charge in [-0.15, -0.1) is 0 Å². The summed E-state index contributed by atoms with van der Waals surface area (Å²) in [5.74, 6) is 3.29. The molecule has 2 aromatic rings. The van der Waals surface area contributed by atoms with Gasteiger partial charge in [0, 0.05) is 6.54 Å². The predicted octanol–water partition coefficient (Wildman–Crippen LogP) is 2.53. The van der Waals surface area contributed by atoms with Gasteiger partial charge in [-0.25, -0.2) is 0 Å². The van der Waals surface area contributed by atoms with Crippen molar-refractivity contribution in [2.45, 2.75) is 13.0 Å². The van der Waals surface area contributed by atoms with Crippen LogP contribution in [0.25, 0.3) is 0 Å². The predicted molar refractivity (Wildman–Crippen MR) is 108 cm³/mol. The first-order chi connectivity index (χ1) is 13.1. The van der Waals surface area contributed by atoms with Crippen LogP contribution in [0, 0.1) is 0 Å². The number of benzene rings is 1. The third kappa shape index (κ3) is 6.86. The molecule has 0 aliphatic rings. The van der Waals surface area contributed by atoms with Crippen LogP contribution in [-0.2, 0) is 0 Å². The van der Waals surface area contributed by atoms with Gasteiger partial charge in [-0.1, -0.05) is 0 Å². The second kappa shape index (κ2) is 11.1. The number of hydrogen-bond acceptors (Lipinski definition) is 5. The van der Waals surface area contributed by atoms with Crippen LogP contribution in [0.5, 0.6) is 11.5 Å². The van der Waals surface area contributed by atoms with Crippen LogP contribution < -0.4 is 20.1 Å². The highest BCUT2D eigenvalue weighted by Gasteiger charge is 2.16. The third-order valence-corrected chi connectivity index (χ3v) is 3.98. The lowest BCUT2D eigenvalue weighted by molar-refractivity contribution is 0.264. The number of hydrogen-bond donors (Lipinski definition) is 2. The van der Waals surface area contributed by atoms with Gasteiger partial charge in [0.05, 0.1) is 32.5 Å². The maximum Gasteiger partial charge on any atom is 0.191 e. The maximum absolute atomic E-state index is 5.73. The Kier molecular flexibility index (Phi) is 8.51. The zero-order valence-electron chi connectivity index (χ0n) is 16.6. The Labute approximate surface area is 161 Å². The Balaban J connectivity index is 1.83. The molecule has 0 aliphatic carbocycles. The van der Waals surface area contributed by atoms with Crippen LogP contribution in [-0.4, -0.2) is 58.3 Å². The molecular formula is C20H30N4O3. The molecule has 1 unspecified atom stereocenters. The van der Waals surface area contributed by atoms with Gasteiger partial charge in [-0.3, -0.25) is 9.89 Å². The van der Waals surface area contributed by atoms with E-state index in [1.54, 1.807) is 13.4 Å². The molecule has 1 atom stereocenters. The molecule has 0 saturated carbocycles. The second-order valence-corrected chi connectivity index (χ2v) is 6.17. The Morgan fingerprint density at radius 3 is 2.48 bits per heavy atom. The van der Waals surface area contributed by atoms with Crippen molar-refractivity contribution in [3.8, 4) is 11.5 Å². The van der Waals surface area contributed by atoms with Crippen molar-refractivity contribution < 1.29 is 13.9 Å². The van der Waals surface area contributed by atoms with E-state index in [0.717, 1.165) is 29.8 Å². The molecule has 0 fully saturated rings. The SMILES string of the molecule is CCNC(=NCC(c1ccco1)N(C)C)NCCOc1ccc(OC)cc1. The molecule has 1 heterocycles. The van der Waals surface area contributed by atoms with E-state index in [1.807, 2.05) is 57.4 Å². The van der Waals surface area contributed by atoms with E-state index in [9.17, 15) is 0 Å². The van der Waals surface area contributed by atoms with Gasteiger partial charge < -0.3 is 24.5 Å². The molecule has 27 heavy (non-hydrogen) atoms. The van der Waals surface area contributed by atoms with Crippen molar-refractivity contribution >= 4 is 5.96 Å². The number of aliphatic imine (C=N–C) groups is 1. The minimum absolute atomic E-state index is 0.0889. The lowest BCUT2D eigenvalue weighted by Gasteiger charge is -2.21. The monoisotopic (exact) mass is 374 g/mol. The highest BCUT2D eigenvalue weighted by molar-refractivity contribution is 5.79. The van der Waals surface area contributed by atoms with Crippen LogP contribution in [0.1, 0.15) is 18.7 Å². The molecule has 7 heteroatoms. The lowest BCUT2D eigenvalue weighted by Crippen LogP contribution is -2.40. The van der Waals surface area contributed by atoms with Gasteiger partial charge in [0.25, 0.3) is 0 Å². The summed E-state index contributed by atoms with van der Waals surface area (Å²) in [6.45, 7) is 4.60. The fourth-order valence-corrected chi connectivity index (χ4v) is 2.52. The highest BCUT2D eigenvalue weighted by Crippen LogP contribution is 2.19. The molecule has 0 saturated heterocycles. The van der Waals surface area contributed by atoms with Gasteiger partial charge in [-0.2, -0.15) is 0 Å². The van der Waals surface area contributed by atoms with Crippen LogP contribution >= 0.6 is 0 Å². The van der Waals surface area contributed by atoms with Gasteiger partial charge in [0.15, 0.2) is 5.96 Å². The molecule has 2 N–H and O–H groups in total. The van der Waals surface area contributed by atoms with Gasteiger partial charge in [-0.05, 0) is 57.4 Å². The molecule has 1 aromatic carbocycles. The largest absolute Gasteiger partial charge is 0.497 e. The van der Waals surface area contributed by atoms with Gasteiger partial charge >= 0.3 is 0 Å². The smallest absolute Gasteiger partial charge is 0.191 e. The molecule has 0 radical (unpaired) electrons. The van der Waals surface area contributed by atoms with E-state index in [2.05, 4.69) is 20.5 Å². The van der Waals surface area contributed by atoms with Crippen molar-refractivity contribution in [2.24, 2.45) is 4.99 Å². The first kappa shape index (κ1) is 20.6. The molecule has 7 nitrogen and oxygen atoms in total. The Hall–Kier alpha value is -2.67. The topological polar surface area (TPSA) is 71.3 Å². The number of rotatable bonds is 10. The molecule has 0 bridgehead atoms. The average molecular weight is 374 g/mol. The van der Waals surface area contributed by atoms with Gasteiger partial charge in [0.2, 0.25) is 0 Å². The second-order valence-electron chi connectivity index (χ2n) is 6.17. The summed E-state index contributed by atoms with van der Waals surface area (Å²) in [7, 11) is 5.69. The fraction of sp³-hybridized carbons (Fsp3) is 0.450. The van der Waals surface area contributed by atoms with Crippen molar-refractivity contribution in [2.75, 3.05) is 47.4 Å². The molecule has 0 aliphatic heterocycles. The van der Waals surface area contributed by atoms with E-state index in [-0.39, 0.29) is 6.04 Å². The van der Waals surface area contributed by atoms with Crippen LogP contribution in [0.2, 0.25) is 0 Å². The molecule has 2 rings (SSSR count). The minimum atomic E-state index is 0.0889. The lowest BCUT2D eigenvalue weighted by atomic mass is 10.2. The first-order valence-corrected chi connectivity index (χ1v) is 9.13.